The van der Waals surface area contributed by atoms with Gasteiger partial charge in [-0.05, 0) is 0 Å². The summed E-state index contributed by atoms with van der Waals surface area (Å²) in [5, 5.41) is 10.2. The minimum absolute atomic E-state index is 0.0712. The molecule has 13 heavy (non-hydrogen) atoms. The molecule has 1 aromatic rings. The van der Waals surface area contributed by atoms with Crippen LogP contribution in [0.5, 0.6) is 5.88 Å². The second-order valence-electron chi connectivity index (χ2n) is 2.03. The molecule has 68 valence electrons. The number of ether oxygens (including phenoxy) is 1. The van der Waals surface area contributed by atoms with Crippen LogP contribution in [-0.2, 0) is 0 Å². The van der Waals surface area contributed by atoms with Crippen molar-refractivity contribution < 1.29 is 14.5 Å². The molecule has 0 saturated carbocycles. The predicted molar refractivity (Wildman–Crippen MR) is 41.1 cm³/mol. The van der Waals surface area contributed by atoms with Crippen molar-refractivity contribution in [1.29, 1.82) is 0 Å². The number of nitrogens with two attached hydrogens (primary N) is 1. The summed E-state index contributed by atoms with van der Waals surface area (Å²) < 4.78 is 4.35. The minimum atomic E-state index is -1.01. The Hall–Kier alpha value is -2.18. The smallest absolute Gasteiger partial charge is 0.391 e. The fourth-order valence-electron chi connectivity index (χ4n) is 0.644. The zero-order chi connectivity index (χ0) is 9.84. The lowest BCUT2D eigenvalue weighted by Crippen LogP contribution is -2.16. The van der Waals surface area contributed by atoms with Crippen molar-refractivity contribution in [3.8, 4) is 5.88 Å². The average Bonchev–Trinajstić information content (AvgIpc) is 2.04. The number of aromatic nitrogens is 1. The predicted octanol–water partition coefficient (Wildman–Crippen LogP) is 0.447. The molecule has 1 amide bonds. The van der Waals surface area contributed by atoms with E-state index in [2.05, 4.69) is 15.5 Å². The normalized spacial score (nSPS) is 9.23. The summed E-state index contributed by atoms with van der Waals surface area (Å²) in [5.41, 5.74) is 4.50. The van der Waals surface area contributed by atoms with Crippen LogP contribution in [0.15, 0.2) is 18.3 Å². The van der Waals surface area contributed by atoms with Gasteiger partial charge in [0.25, 0.3) is 5.69 Å². The van der Waals surface area contributed by atoms with E-state index in [1.807, 2.05) is 0 Å². The van der Waals surface area contributed by atoms with Gasteiger partial charge in [-0.25, -0.2) is 9.78 Å². The molecule has 0 radical (unpaired) electrons. The summed E-state index contributed by atoms with van der Waals surface area (Å²) in [4.78, 5) is 23.2. The first-order valence-electron chi connectivity index (χ1n) is 3.17. The fourth-order valence-corrected chi connectivity index (χ4v) is 0.644. The maximum absolute atomic E-state index is 10.2. The molecule has 0 unspecified atom stereocenters. The molecule has 0 aliphatic heterocycles. The van der Waals surface area contributed by atoms with Crippen LogP contribution < -0.4 is 10.5 Å². The Morgan fingerprint density at radius 1 is 1.62 bits per heavy atom. The highest BCUT2D eigenvalue weighted by Gasteiger charge is 2.06. The van der Waals surface area contributed by atoms with E-state index < -0.39 is 11.0 Å². The molecule has 0 fully saturated rings. The molecule has 0 saturated heterocycles. The molecule has 7 nitrogen and oxygen atoms in total. The third kappa shape index (κ3) is 2.40. The van der Waals surface area contributed by atoms with Gasteiger partial charge in [-0.2, -0.15) is 0 Å². The van der Waals surface area contributed by atoms with E-state index in [0.29, 0.717) is 0 Å². The molecule has 0 atom stereocenters. The van der Waals surface area contributed by atoms with Gasteiger partial charge in [-0.15, -0.1) is 0 Å². The Morgan fingerprint density at radius 3 is 2.69 bits per heavy atom. The Bertz CT molecular complexity index is 334. The first-order chi connectivity index (χ1) is 6.09. The van der Waals surface area contributed by atoms with Crippen molar-refractivity contribution in [2.45, 2.75) is 0 Å². The van der Waals surface area contributed by atoms with E-state index in [1.165, 1.54) is 6.07 Å². The van der Waals surface area contributed by atoms with E-state index in [0.717, 1.165) is 12.3 Å². The lowest BCUT2D eigenvalue weighted by molar-refractivity contribution is -0.385. The van der Waals surface area contributed by atoms with Gasteiger partial charge >= 0.3 is 6.09 Å². The fraction of sp³-hybridized carbons (Fsp3) is 0. The van der Waals surface area contributed by atoms with Crippen molar-refractivity contribution in [3.63, 3.8) is 0 Å². The SMILES string of the molecule is NC(=O)Oc1ccc([N+](=O)[O-])cn1. The maximum atomic E-state index is 10.2. The number of nitro groups is 1. The number of hydrogen-bond donors (Lipinski definition) is 1. The number of nitrogens with zero attached hydrogens (tertiary/aromatic N) is 2. The van der Waals surface area contributed by atoms with E-state index in [9.17, 15) is 14.9 Å². The molecule has 0 spiro atoms. The Balaban J connectivity index is 2.81. The third-order valence-electron chi connectivity index (χ3n) is 1.14. The zero-order valence-electron chi connectivity index (χ0n) is 6.34. The monoisotopic (exact) mass is 183 g/mol. The van der Waals surface area contributed by atoms with E-state index >= 15 is 0 Å². The Kier molecular flexibility index (Phi) is 2.38. The minimum Gasteiger partial charge on any atom is -0.391 e. The largest absolute Gasteiger partial charge is 0.411 e. The molecule has 1 heterocycles. The van der Waals surface area contributed by atoms with E-state index in [4.69, 9.17) is 0 Å². The highest BCUT2D eigenvalue weighted by Crippen LogP contribution is 2.12. The van der Waals surface area contributed by atoms with E-state index in [1.54, 1.807) is 0 Å². The summed E-state index contributed by atoms with van der Waals surface area (Å²) in [6, 6.07) is 2.34. The molecule has 1 rings (SSSR count). The van der Waals surface area contributed by atoms with Gasteiger partial charge in [-0.3, -0.25) is 10.1 Å². The second kappa shape index (κ2) is 3.48. The van der Waals surface area contributed by atoms with Crippen LogP contribution in [0.3, 0.4) is 0 Å². The van der Waals surface area contributed by atoms with Crippen LogP contribution in [0.25, 0.3) is 0 Å². The second-order valence-corrected chi connectivity index (χ2v) is 2.03. The number of pyridine rings is 1. The molecular weight excluding hydrogens is 178 g/mol. The van der Waals surface area contributed by atoms with Gasteiger partial charge in [0.05, 0.1) is 4.92 Å². The molecule has 0 aliphatic rings. The van der Waals surface area contributed by atoms with Crippen LogP contribution in [0.4, 0.5) is 10.5 Å². The molecule has 7 heteroatoms. The Labute approximate surface area is 72.3 Å². The van der Waals surface area contributed by atoms with Crippen LogP contribution >= 0.6 is 0 Å². The quantitative estimate of drug-likeness (QED) is 0.528. The summed E-state index contributed by atoms with van der Waals surface area (Å²) in [6.45, 7) is 0. The molecule has 0 aliphatic carbocycles. The number of hydrogen-bond acceptors (Lipinski definition) is 5. The number of rotatable bonds is 2. The van der Waals surface area contributed by atoms with Gasteiger partial charge in [0, 0.05) is 12.1 Å². The lowest BCUT2D eigenvalue weighted by Gasteiger charge is -1.97. The van der Waals surface area contributed by atoms with Gasteiger partial charge in [0.2, 0.25) is 5.88 Å². The van der Waals surface area contributed by atoms with Crippen molar-refractivity contribution in [3.05, 3.63) is 28.4 Å². The average molecular weight is 183 g/mol. The maximum Gasteiger partial charge on any atom is 0.411 e. The molecule has 1 aromatic heterocycles. The van der Waals surface area contributed by atoms with Crippen molar-refractivity contribution in [2.24, 2.45) is 5.73 Å². The van der Waals surface area contributed by atoms with Crippen molar-refractivity contribution >= 4 is 11.8 Å². The van der Waals surface area contributed by atoms with Crippen LogP contribution in [0.1, 0.15) is 0 Å². The molecule has 0 bridgehead atoms. The van der Waals surface area contributed by atoms with Crippen LogP contribution in [-0.4, -0.2) is 16.0 Å². The van der Waals surface area contributed by atoms with Gasteiger partial charge in [-0.1, -0.05) is 0 Å². The lowest BCUT2D eigenvalue weighted by atomic mass is 10.4. The standard InChI is InChI=1S/C6H5N3O4/c7-6(10)13-5-2-1-4(3-8-5)9(11)12/h1-3H,(H2,7,10). The molecule has 0 aromatic carbocycles. The number of amides is 1. The van der Waals surface area contributed by atoms with Gasteiger partial charge in [0.15, 0.2) is 0 Å². The highest BCUT2D eigenvalue weighted by atomic mass is 16.6. The summed E-state index contributed by atoms with van der Waals surface area (Å²) in [5.74, 6) is -0.0712. The number of carbonyl (C=O) groups is 1. The highest BCUT2D eigenvalue weighted by molar-refractivity contribution is 5.67. The van der Waals surface area contributed by atoms with Crippen LogP contribution in [0, 0.1) is 10.1 Å². The summed E-state index contributed by atoms with van der Waals surface area (Å²) in [6.07, 6.45) is -0.0421. The van der Waals surface area contributed by atoms with Gasteiger partial charge < -0.3 is 10.5 Å². The molecular formula is C6H5N3O4. The summed E-state index contributed by atoms with van der Waals surface area (Å²) in [7, 11) is 0. The Morgan fingerprint density at radius 2 is 2.31 bits per heavy atom. The van der Waals surface area contributed by atoms with Crippen molar-refractivity contribution in [2.75, 3.05) is 0 Å². The molecule has 2 N–H and O–H groups in total. The van der Waals surface area contributed by atoms with Crippen LogP contribution in [0.2, 0.25) is 0 Å². The topological polar surface area (TPSA) is 108 Å². The summed E-state index contributed by atoms with van der Waals surface area (Å²) >= 11 is 0. The third-order valence-corrected chi connectivity index (χ3v) is 1.14. The number of carbonyl (C=O) groups excluding carboxylic acids is 1. The first kappa shape index (κ1) is 8.91. The van der Waals surface area contributed by atoms with Gasteiger partial charge in [0.1, 0.15) is 6.20 Å². The first-order valence-corrected chi connectivity index (χ1v) is 3.17. The van der Waals surface area contributed by atoms with Crippen molar-refractivity contribution in [1.82, 2.24) is 4.98 Å². The number of primary amides is 1. The zero-order valence-corrected chi connectivity index (χ0v) is 6.34. The van der Waals surface area contributed by atoms with E-state index in [-0.39, 0.29) is 11.6 Å².